The summed E-state index contributed by atoms with van der Waals surface area (Å²) in [5.74, 6) is 0.692. The number of rotatable bonds is 3. The van der Waals surface area contributed by atoms with E-state index in [0.29, 0.717) is 16.7 Å². The van der Waals surface area contributed by atoms with E-state index in [1.54, 1.807) is 7.11 Å². The number of hydrogen-bond acceptors (Lipinski definition) is 3. The Morgan fingerprint density at radius 1 is 1.44 bits per heavy atom. The summed E-state index contributed by atoms with van der Waals surface area (Å²) in [6.45, 7) is 0. The topological polar surface area (TPSA) is 38.3 Å². The summed E-state index contributed by atoms with van der Waals surface area (Å²) in [4.78, 5) is 12.7. The fraction of sp³-hybridized carbons (Fsp3) is 0.583. The van der Waals surface area contributed by atoms with Crippen LogP contribution >= 0.6 is 11.3 Å². The zero-order valence-corrected chi connectivity index (χ0v) is 10.3. The molecule has 1 aromatic heterocycles. The van der Waals surface area contributed by atoms with Crippen molar-refractivity contribution in [1.82, 2.24) is 5.32 Å². The van der Waals surface area contributed by atoms with Gasteiger partial charge in [0.25, 0.3) is 5.91 Å². The van der Waals surface area contributed by atoms with E-state index in [9.17, 15) is 4.79 Å². The van der Waals surface area contributed by atoms with Crippen LogP contribution in [0.3, 0.4) is 0 Å². The molecular formula is C12H17NO2S. The van der Waals surface area contributed by atoms with Crippen molar-refractivity contribution in [3.63, 3.8) is 0 Å². The molecule has 0 aliphatic heterocycles. The van der Waals surface area contributed by atoms with Crippen molar-refractivity contribution >= 4 is 17.2 Å². The molecular weight excluding hydrogens is 222 g/mol. The van der Waals surface area contributed by atoms with Gasteiger partial charge in [0.1, 0.15) is 10.6 Å². The molecule has 0 bridgehead atoms. The van der Waals surface area contributed by atoms with Gasteiger partial charge in [-0.2, -0.15) is 0 Å². The van der Waals surface area contributed by atoms with Crippen LogP contribution in [0, 0.1) is 0 Å². The van der Waals surface area contributed by atoms with Gasteiger partial charge in [0, 0.05) is 6.04 Å². The van der Waals surface area contributed by atoms with Crippen LogP contribution in [-0.4, -0.2) is 19.1 Å². The van der Waals surface area contributed by atoms with Crippen LogP contribution in [0.5, 0.6) is 5.75 Å². The standard InChI is InChI=1S/C12H17NO2S/c1-15-10-7-8-16-11(10)12(14)13-9-5-3-2-4-6-9/h7-9H,2-6H2,1H3,(H,13,14). The second kappa shape index (κ2) is 5.34. The molecule has 16 heavy (non-hydrogen) atoms. The highest BCUT2D eigenvalue weighted by molar-refractivity contribution is 7.12. The molecule has 1 N–H and O–H groups in total. The van der Waals surface area contributed by atoms with Gasteiger partial charge in [-0.05, 0) is 24.3 Å². The minimum atomic E-state index is 0.0127. The third kappa shape index (κ3) is 2.55. The Morgan fingerprint density at radius 3 is 2.88 bits per heavy atom. The molecule has 0 atom stereocenters. The van der Waals surface area contributed by atoms with Gasteiger partial charge >= 0.3 is 0 Å². The van der Waals surface area contributed by atoms with E-state index in [1.807, 2.05) is 11.4 Å². The highest BCUT2D eigenvalue weighted by Crippen LogP contribution is 2.25. The number of carbonyl (C=O) groups is 1. The number of methoxy groups -OCH3 is 1. The third-order valence-electron chi connectivity index (χ3n) is 3.00. The van der Waals surface area contributed by atoms with Gasteiger partial charge in [-0.15, -0.1) is 11.3 Å². The first-order valence-electron chi connectivity index (χ1n) is 5.73. The van der Waals surface area contributed by atoms with Gasteiger partial charge < -0.3 is 10.1 Å². The van der Waals surface area contributed by atoms with Crippen LogP contribution in [0.4, 0.5) is 0 Å². The summed E-state index contributed by atoms with van der Waals surface area (Å²) >= 11 is 1.43. The summed E-state index contributed by atoms with van der Waals surface area (Å²) in [5, 5.41) is 4.97. The van der Waals surface area contributed by atoms with Crippen LogP contribution < -0.4 is 10.1 Å². The highest BCUT2D eigenvalue weighted by Gasteiger charge is 2.19. The molecule has 1 heterocycles. The Balaban J connectivity index is 1.96. The van der Waals surface area contributed by atoms with Crippen molar-refractivity contribution in [2.24, 2.45) is 0 Å². The fourth-order valence-electron chi connectivity index (χ4n) is 2.12. The van der Waals surface area contributed by atoms with E-state index in [4.69, 9.17) is 4.74 Å². The molecule has 2 rings (SSSR count). The lowest BCUT2D eigenvalue weighted by Gasteiger charge is -2.22. The number of carbonyl (C=O) groups excluding carboxylic acids is 1. The van der Waals surface area contributed by atoms with Crippen LogP contribution in [0.25, 0.3) is 0 Å². The lowest BCUT2D eigenvalue weighted by atomic mass is 9.95. The summed E-state index contributed by atoms with van der Waals surface area (Å²) in [6, 6.07) is 2.19. The van der Waals surface area contributed by atoms with Crippen molar-refractivity contribution in [3.05, 3.63) is 16.3 Å². The Bertz CT molecular complexity index is 356. The molecule has 4 heteroatoms. The lowest BCUT2D eigenvalue weighted by Crippen LogP contribution is -2.35. The SMILES string of the molecule is COc1ccsc1C(=O)NC1CCCCC1. The molecule has 1 aliphatic carbocycles. The monoisotopic (exact) mass is 239 g/mol. The van der Waals surface area contributed by atoms with Crippen molar-refractivity contribution in [1.29, 1.82) is 0 Å². The molecule has 1 aromatic rings. The molecule has 1 saturated carbocycles. The highest BCUT2D eigenvalue weighted by atomic mass is 32.1. The van der Waals surface area contributed by atoms with E-state index < -0.39 is 0 Å². The first-order valence-corrected chi connectivity index (χ1v) is 6.61. The maximum atomic E-state index is 12.0. The largest absolute Gasteiger partial charge is 0.495 e. The van der Waals surface area contributed by atoms with E-state index in [0.717, 1.165) is 12.8 Å². The van der Waals surface area contributed by atoms with Gasteiger partial charge in [0.2, 0.25) is 0 Å². The van der Waals surface area contributed by atoms with Crippen molar-refractivity contribution in [2.75, 3.05) is 7.11 Å². The van der Waals surface area contributed by atoms with Gasteiger partial charge in [0.15, 0.2) is 0 Å². The zero-order chi connectivity index (χ0) is 11.4. The molecule has 0 spiro atoms. The third-order valence-corrected chi connectivity index (χ3v) is 3.89. The second-order valence-electron chi connectivity index (χ2n) is 4.13. The summed E-state index contributed by atoms with van der Waals surface area (Å²) < 4.78 is 5.15. The molecule has 0 radical (unpaired) electrons. The van der Waals surface area contributed by atoms with Crippen LogP contribution in [0.1, 0.15) is 41.8 Å². The maximum Gasteiger partial charge on any atom is 0.265 e. The van der Waals surface area contributed by atoms with Gasteiger partial charge in [-0.1, -0.05) is 19.3 Å². The average Bonchev–Trinajstić information content (AvgIpc) is 2.78. The number of nitrogens with one attached hydrogen (secondary N) is 1. The zero-order valence-electron chi connectivity index (χ0n) is 9.49. The fourth-order valence-corrected chi connectivity index (χ4v) is 2.88. The first-order chi connectivity index (χ1) is 7.81. The Labute approximate surface area is 99.8 Å². The number of hydrogen-bond donors (Lipinski definition) is 1. The van der Waals surface area contributed by atoms with Crippen molar-refractivity contribution < 1.29 is 9.53 Å². The average molecular weight is 239 g/mol. The minimum absolute atomic E-state index is 0.0127. The van der Waals surface area contributed by atoms with Crippen molar-refractivity contribution in [2.45, 2.75) is 38.1 Å². The number of ether oxygens (including phenoxy) is 1. The van der Waals surface area contributed by atoms with E-state index in [1.165, 1.54) is 30.6 Å². The molecule has 1 aliphatic rings. The second-order valence-corrected chi connectivity index (χ2v) is 5.04. The quantitative estimate of drug-likeness (QED) is 0.880. The van der Waals surface area contributed by atoms with Crippen LogP contribution in [0.2, 0.25) is 0 Å². The molecule has 1 amide bonds. The van der Waals surface area contributed by atoms with E-state index >= 15 is 0 Å². The predicted molar refractivity (Wildman–Crippen MR) is 65.2 cm³/mol. The van der Waals surface area contributed by atoms with Gasteiger partial charge in [-0.3, -0.25) is 4.79 Å². The smallest absolute Gasteiger partial charge is 0.265 e. The summed E-state index contributed by atoms with van der Waals surface area (Å²) in [5.41, 5.74) is 0. The lowest BCUT2D eigenvalue weighted by molar-refractivity contribution is 0.0929. The Morgan fingerprint density at radius 2 is 2.19 bits per heavy atom. The predicted octanol–water partition coefficient (Wildman–Crippen LogP) is 2.82. The van der Waals surface area contributed by atoms with Gasteiger partial charge in [0.05, 0.1) is 7.11 Å². The molecule has 3 nitrogen and oxygen atoms in total. The normalized spacial score (nSPS) is 17.1. The number of thiophene rings is 1. The first kappa shape index (κ1) is 11.5. The molecule has 1 fully saturated rings. The Kier molecular flexibility index (Phi) is 3.83. The van der Waals surface area contributed by atoms with Gasteiger partial charge in [-0.25, -0.2) is 0 Å². The van der Waals surface area contributed by atoms with E-state index in [-0.39, 0.29) is 5.91 Å². The van der Waals surface area contributed by atoms with Crippen LogP contribution in [0.15, 0.2) is 11.4 Å². The maximum absolute atomic E-state index is 12.0. The Hall–Kier alpha value is -1.03. The molecule has 0 unspecified atom stereocenters. The summed E-state index contributed by atoms with van der Waals surface area (Å²) in [6.07, 6.45) is 5.98. The minimum Gasteiger partial charge on any atom is -0.495 e. The van der Waals surface area contributed by atoms with Crippen LogP contribution in [-0.2, 0) is 0 Å². The van der Waals surface area contributed by atoms with Crippen molar-refractivity contribution in [3.8, 4) is 5.75 Å². The molecule has 0 aromatic carbocycles. The molecule has 0 saturated heterocycles. The molecule has 88 valence electrons. The number of amides is 1. The summed E-state index contributed by atoms with van der Waals surface area (Å²) in [7, 11) is 1.60. The van der Waals surface area contributed by atoms with E-state index in [2.05, 4.69) is 5.32 Å².